The standard InChI is InChI=1S/C14H26N2O/c1-5-12(13-8-7-9-17-13)16(6-2)11-14(3,4)10-15/h7-9,12H,5-6,10-11,15H2,1-4H3. The van der Waals surface area contributed by atoms with Crippen LogP contribution in [-0.2, 0) is 0 Å². The molecular formula is C14H26N2O. The molecule has 0 fully saturated rings. The van der Waals surface area contributed by atoms with Gasteiger partial charge in [-0.25, -0.2) is 0 Å². The molecule has 1 aromatic rings. The van der Waals surface area contributed by atoms with Crippen LogP contribution in [0.15, 0.2) is 22.8 Å². The highest BCUT2D eigenvalue weighted by atomic mass is 16.3. The van der Waals surface area contributed by atoms with E-state index >= 15 is 0 Å². The number of nitrogens with zero attached hydrogens (tertiary/aromatic N) is 1. The fourth-order valence-corrected chi connectivity index (χ4v) is 2.18. The van der Waals surface area contributed by atoms with Crippen LogP contribution in [0, 0.1) is 5.41 Å². The van der Waals surface area contributed by atoms with Crippen molar-refractivity contribution in [1.82, 2.24) is 4.90 Å². The van der Waals surface area contributed by atoms with Crippen LogP contribution in [0.25, 0.3) is 0 Å². The molecule has 0 bridgehead atoms. The molecule has 1 unspecified atom stereocenters. The Morgan fingerprint density at radius 3 is 2.53 bits per heavy atom. The minimum absolute atomic E-state index is 0.149. The fraction of sp³-hybridized carbons (Fsp3) is 0.714. The van der Waals surface area contributed by atoms with Crippen LogP contribution >= 0.6 is 0 Å². The van der Waals surface area contributed by atoms with E-state index in [0.717, 1.165) is 25.3 Å². The van der Waals surface area contributed by atoms with Crippen LogP contribution in [0.3, 0.4) is 0 Å². The molecule has 0 saturated carbocycles. The summed E-state index contributed by atoms with van der Waals surface area (Å²) in [5.74, 6) is 1.06. The number of hydrogen-bond acceptors (Lipinski definition) is 3. The molecule has 17 heavy (non-hydrogen) atoms. The molecule has 0 aliphatic heterocycles. The molecule has 2 N–H and O–H groups in total. The Morgan fingerprint density at radius 2 is 2.12 bits per heavy atom. The average Bonchev–Trinajstić information content (AvgIpc) is 2.82. The lowest BCUT2D eigenvalue weighted by atomic mass is 9.92. The van der Waals surface area contributed by atoms with E-state index in [4.69, 9.17) is 10.2 Å². The minimum atomic E-state index is 0.149. The van der Waals surface area contributed by atoms with E-state index in [2.05, 4.69) is 38.7 Å². The van der Waals surface area contributed by atoms with Crippen LogP contribution in [0.2, 0.25) is 0 Å². The fourth-order valence-electron chi connectivity index (χ4n) is 2.18. The Labute approximate surface area is 105 Å². The third-order valence-corrected chi connectivity index (χ3v) is 3.29. The van der Waals surface area contributed by atoms with Crippen LogP contribution in [0.5, 0.6) is 0 Å². The summed E-state index contributed by atoms with van der Waals surface area (Å²) in [7, 11) is 0. The first-order valence-electron chi connectivity index (χ1n) is 6.51. The van der Waals surface area contributed by atoms with E-state index in [0.29, 0.717) is 12.6 Å². The molecule has 1 rings (SSSR count). The SMILES string of the molecule is CCC(c1ccco1)N(CC)CC(C)(C)CN. The summed E-state index contributed by atoms with van der Waals surface area (Å²) in [5, 5.41) is 0. The predicted molar refractivity (Wildman–Crippen MR) is 71.8 cm³/mol. The first kappa shape index (κ1) is 14.3. The number of furan rings is 1. The second kappa shape index (κ2) is 6.22. The van der Waals surface area contributed by atoms with Gasteiger partial charge in [-0.3, -0.25) is 4.90 Å². The van der Waals surface area contributed by atoms with Crippen molar-refractivity contribution in [3.8, 4) is 0 Å². The van der Waals surface area contributed by atoms with Crippen molar-refractivity contribution >= 4 is 0 Å². The lowest BCUT2D eigenvalue weighted by Gasteiger charge is -2.35. The molecule has 0 amide bonds. The summed E-state index contributed by atoms with van der Waals surface area (Å²) in [6, 6.07) is 4.38. The van der Waals surface area contributed by atoms with Crippen LogP contribution < -0.4 is 5.73 Å². The largest absolute Gasteiger partial charge is 0.468 e. The zero-order chi connectivity index (χ0) is 12.9. The predicted octanol–water partition coefficient (Wildman–Crippen LogP) is 3.04. The van der Waals surface area contributed by atoms with Crippen molar-refractivity contribution in [2.75, 3.05) is 19.6 Å². The topological polar surface area (TPSA) is 42.4 Å². The van der Waals surface area contributed by atoms with Gasteiger partial charge >= 0.3 is 0 Å². The second-order valence-electron chi connectivity index (χ2n) is 5.37. The van der Waals surface area contributed by atoms with Gasteiger partial charge in [0.15, 0.2) is 0 Å². The van der Waals surface area contributed by atoms with Crippen molar-refractivity contribution in [3.05, 3.63) is 24.2 Å². The number of rotatable bonds is 7. The van der Waals surface area contributed by atoms with Gasteiger partial charge < -0.3 is 10.2 Å². The van der Waals surface area contributed by atoms with Crippen LogP contribution in [-0.4, -0.2) is 24.5 Å². The van der Waals surface area contributed by atoms with Gasteiger partial charge in [0.25, 0.3) is 0 Å². The van der Waals surface area contributed by atoms with Crippen LogP contribution in [0.4, 0.5) is 0 Å². The maximum absolute atomic E-state index is 5.82. The Balaban J connectivity index is 2.77. The lowest BCUT2D eigenvalue weighted by Crippen LogP contribution is -2.40. The molecular weight excluding hydrogens is 212 g/mol. The van der Waals surface area contributed by atoms with E-state index in [1.165, 1.54) is 0 Å². The van der Waals surface area contributed by atoms with Gasteiger partial charge in [0.1, 0.15) is 5.76 Å². The van der Waals surface area contributed by atoms with E-state index in [9.17, 15) is 0 Å². The zero-order valence-electron chi connectivity index (χ0n) is 11.6. The lowest BCUT2D eigenvalue weighted by molar-refractivity contribution is 0.121. The van der Waals surface area contributed by atoms with Crippen molar-refractivity contribution in [2.45, 2.75) is 40.2 Å². The number of hydrogen-bond donors (Lipinski definition) is 1. The normalized spacial score (nSPS) is 14.2. The maximum atomic E-state index is 5.82. The van der Waals surface area contributed by atoms with Crippen molar-refractivity contribution in [1.29, 1.82) is 0 Å². The first-order chi connectivity index (χ1) is 8.04. The summed E-state index contributed by atoms with van der Waals surface area (Å²) in [5.41, 5.74) is 5.97. The molecule has 0 aromatic carbocycles. The minimum Gasteiger partial charge on any atom is -0.468 e. The van der Waals surface area contributed by atoms with Gasteiger partial charge in [-0.05, 0) is 37.1 Å². The number of nitrogens with two attached hydrogens (primary N) is 1. The third kappa shape index (κ3) is 3.86. The van der Waals surface area contributed by atoms with Gasteiger partial charge in [0.05, 0.1) is 12.3 Å². The molecule has 3 nitrogen and oxygen atoms in total. The molecule has 1 atom stereocenters. The Kier molecular flexibility index (Phi) is 5.22. The summed E-state index contributed by atoms with van der Waals surface area (Å²) >= 11 is 0. The monoisotopic (exact) mass is 238 g/mol. The molecule has 3 heteroatoms. The summed E-state index contributed by atoms with van der Waals surface area (Å²) in [6.07, 6.45) is 2.81. The third-order valence-electron chi connectivity index (χ3n) is 3.29. The Hall–Kier alpha value is -0.800. The molecule has 98 valence electrons. The molecule has 1 heterocycles. The zero-order valence-corrected chi connectivity index (χ0v) is 11.6. The summed E-state index contributed by atoms with van der Waals surface area (Å²) in [6.45, 7) is 11.5. The van der Waals surface area contributed by atoms with E-state index in [-0.39, 0.29) is 5.41 Å². The highest BCUT2D eigenvalue weighted by Gasteiger charge is 2.26. The highest BCUT2D eigenvalue weighted by molar-refractivity contribution is 5.04. The summed E-state index contributed by atoms with van der Waals surface area (Å²) < 4.78 is 5.54. The van der Waals surface area contributed by atoms with Crippen molar-refractivity contribution in [3.63, 3.8) is 0 Å². The van der Waals surface area contributed by atoms with Gasteiger partial charge in [-0.2, -0.15) is 0 Å². The van der Waals surface area contributed by atoms with Gasteiger partial charge in [-0.1, -0.05) is 27.7 Å². The Morgan fingerprint density at radius 1 is 1.41 bits per heavy atom. The molecule has 0 aliphatic rings. The molecule has 0 spiro atoms. The highest BCUT2D eigenvalue weighted by Crippen LogP contribution is 2.27. The maximum Gasteiger partial charge on any atom is 0.120 e. The smallest absolute Gasteiger partial charge is 0.120 e. The van der Waals surface area contributed by atoms with E-state index in [1.54, 1.807) is 6.26 Å². The quantitative estimate of drug-likeness (QED) is 0.794. The van der Waals surface area contributed by atoms with Crippen molar-refractivity contribution in [2.24, 2.45) is 11.1 Å². The van der Waals surface area contributed by atoms with Gasteiger partial charge in [0.2, 0.25) is 0 Å². The summed E-state index contributed by atoms with van der Waals surface area (Å²) in [4.78, 5) is 2.45. The first-order valence-corrected chi connectivity index (χ1v) is 6.51. The molecule has 0 saturated heterocycles. The second-order valence-corrected chi connectivity index (χ2v) is 5.37. The molecule has 0 radical (unpaired) electrons. The van der Waals surface area contributed by atoms with Crippen molar-refractivity contribution < 1.29 is 4.42 Å². The van der Waals surface area contributed by atoms with E-state index < -0.39 is 0 Å². The molecule has 0 aliphatic carbocycles. The van der Waals surface area contributed by atoms with Gasteiger partial charge in [0, 0.05) is 6.54 Å². The van der Waals surface area contributed by atoms with E-state index in [1.807, 2.05) is 6.07 Å². The average molecular weight is 238 g/mol. The van der Waals surface area contributed by atoms with Gasteiger partial charge in [-0.15, -0.1) is 0 Å². The Bertz CT molecular complexity index is 306. The molecule has 1 aromatic heterocycles. The van der Waals surface area contributed by atoms with Crippen LogP contribution in [0.1, 0.15) is 45.9 Å².